The molecule has 0 aliphatic heterocycles. The molecule has 0 unspecified atom stereocenters. The van der Waals surface area contributed by atoms with E-state index in [1.165, 1.54) is 17.3 Å². The van der Waals surface area contributed by atoms with Gasteiger partial charge in [-0.3, -0.25) is 4.79 Å². The SMILES string of the molecule is CC(C)c1ccc(NC(=O)CSc2nnnn2C2CC2)cc1. The van der Waals surface area contributed by atoms with E-state index < -0.39 is 0 Å². The van der Waals surface area contributed by atoms with E-state index in [-0.39, 0.29) is 5.91 Å². The minimum Gasteiger partial charge on any atom is -0.325 e. The van der Waals surface area contributed by atoms with Gasteiger partial charge in [0.1, 0.15) is 0 Å². The third kappa shape index (κ3) is 3.65. The molecule has 1 aliphatic carbocycles. The van der Waals surface area contributed by atoms with E-state index in [1.54, 1.807) is 0 Å². The molecule has 1 N–H and O–H groups in total. The summed E-state index contributed by atoms with van der Waals surface area (Å²) in [7, 11) is 0. The molecule has 1 aliphatic rings. The molecule has 0 radical (unpaired) electrons. The van der Waals surface area contributed by atoms with Crippen molar-refractivity contribution < 1.29 is 4.79 Å². The Morgan fingerprint density at radius 2 is 2.09 bits per heavy atom. The van der Waals surface area contributed by atoms with Crippen molar-refractivity contribution in [1.82, 2.24) is 20.2 Å². The molecule has 1 fully saturated rings. The first-order chi connectivity index (χ1) is 10.6. The zero-order chi connectivity index (χ0) is 15.5. The van der Waals surface area contributed by atoms with Crippen LogP contribution in [-0.2, 0) is 4.79 Å². The number of carbonyl (C=O) groups excluding carboxylic acids is 1. The highest BCUT2D eigenvalue weighted by atomic mass is 32.2. The lowest BCUT2D eigenvalue weighted by atomic mass is 10.0. The third-order valence-corrected chi connectivity index (χ3v) is 4.48. The summed E-state index contributed by atoms with van der Waals surface area (Å²) in [5.74, 6) is 0.744. The van der Waals surface area contributed by atoms with Gasteiger partial charge in [-0.1, -0.05) is 37.7 Å². The molecule has 6 nitrogen and oxygen atoms in total. The van der Waals surface area contributed by atoms with Gasteiger partial charge in [0.2, 0.25) is 11.1 Å². The highest BCUT2D eigenvalue weighted by Crippen LogP contribution is 2.36. The van der Waals surface area contributed by atoms with Crippen molar-refractivity contribution in [3.8, 4) is 0 Å². The standard InChI is InChI=1S/C15H19N5OS/c1-10(2)11-3-5-12(6-4-11)16-14(21)9-22-15-17-18-19-20(15)13-7-8-13/h3-6,10,13H,7-9H2,1-2H3,(H,16,21). The lowest BCUT2D eigenvalue weighted by molar-refractivity contribution is -0.113. The van der Waals surface area contributed by atoms with Crippen molar-refractivity contribution in [3.05, 3.63) is 29.8 Å². The number of rotatable bonds is 6. The minimum atomic E-state index is -0.0485. The van der Waals surface area contributed by atoms with Gasteiger partial charge in [0.05, 0.1) is 11.8 Å². The van der Waals surface area contributed by atoms with Crippen molar-refractivity contribution in [3.63, 3.8) is 0 Å². The summed E-state index contributed by atoms with van der Waals surface area (Å²) in [5, 5.41) is 15.2. The van der Waals surface area contributed by atoms with Crippen LogP contribution in [0.4, 0.5) is 5.69 Å². The zero-order valence-electron chi connectivity index (χ0n) is 12.7. The van der Waals surface area contributed by atoms with E-state index >= 15 is 0 Å². The second-order valence-electron chi connectivity index (χ2n) is 5.75. The van der Waals surface area contributed by atoms with E-state index in [9.17, 15) is 4.79 Å². The number of nitrogens with one attached hydrogen (secondary N) is 1. The van der Waals surface area contributed by atoms with E-state index in [1.807, 2.05) is 28.9 Å². The first-order valence-electron chi connectivity index (χ1n) is 7.44. The number of hydrogen-bond acceptors (Lipinski definition) is 5. The zero-order valence-corrected chi connectivity index (χ0v) is 13.5. The van der Waals surface area contributed by atoms with Crippen LogP contribution in [-0.4, -0.2) is 31.9 Å². The maximum absolute atomic E-state index is 12.0. The van der Waals surface area contributed by atoms with Crippen LogP contribution in [0.15, 0.2) is 29.4 Å². The van der Waals surface area contributed by atoms with E-state index in [4.69, 9.17) is 0 Å². The average molecular weight is 317 g/mol. The third-order valence-electron chi connectivity index (χ3n) is 3.55. The first-order valence-corrected chi connectivity index (χ1v) is 8.42. The van der Waals surface area contributed by atoms with Gasteiger partial charge in [-0.15, -0.1) is 5.10 Å². The predicted octanol–water partition coefficient (Wildman–Crippen LogP) is 2.86. The van der Waals surface area contributed by atoms with Crippen LogP contribution in [0.25, 0.3) is 0 Å². The molecule has 7 heteroatoms. The van der Waals surface area contributed by atoms with Crippen LogP contribution < -0.4 is 5.32 Å². The molecule has 0 bridgehead atoms. The van der Waals surface area contributed by atoms with Crippen molar-refractivity contribution in [2.24, 2.45) is 0 Å². The van der Waals surface area contributed by atoms with Crippen LogP contribution in [0.5, 0.6) is 0 Å². The van der Waals surface area contributed by atoms with Gasteiger partial charge >= 0.3 is 0 Å². The first kappa shape index (κ1) is 15.0. The Morgan fingerprint density at radius 1 is 1.36 bits per heavy atom. The molecule has 1 aromatic heterocycles. The summed E-state index contributed by atoms with van der Waals surface area (Å²) in [6.07, 6.45) is 2.24. The van der Waals surface area contributed by atoms with Crippen LogP contribution in [0.2, 0.25) is 0 Å². The summed E-state index contributed by atoms with van der Waals surface area (Å²) in [6, 6.07) is 8.38. The largest absolute Gasteiger partial charge is 0.325 e. The smallest absolute Gasteiger partial charge is 0.234 e. The molecule has 1 heterocycles. The van der Waals surface area contributed by atoms with Gasteiger partial charge in [0, 0.05) is 5.69 Å². The molecule has 1 saturated carbocycles. The van der Waals surface area contributed by atoms with E-state index in [2.05, 4.69) is 34.7 Å². The molecule has 1 aromatic carbocycles. The Hall–Kier alpha value is -1.89. The van der Waals surface area contributed by atoms with Crippen molar-refractivity contribution in [1.29, 1.82) is 0 Å². The Morgan fingerprint density at radius 3 is 2.73 bits per heavy atom. The summed E-state index contributed by atoms with van der Waals surface area (Å²) < 4.78 is 1.81. The summed E-state index contributed by atoms with van der Waals surface area (Å²) in [6.45, 7) is 4.29. The number of thioether (sulfide) groups is 1. The Labute approximate surface area is 133 Å². The molecule has 116 valence electrons. The monoisotopic (exact) mass is 317 g/mol. The van der Waals surface area contributed by atoms with Gasteiger partial charge in [-0.25, -0.2) is 4.68 Å². The quantitative estimate of drug-likeness (QED) is 0.829. The number of aromatic nitrogens is 4. The lowest BCUT2D eigenvalue weighted by Gasteiger charge is -2.08. The van der Waals surface area contributed by atoms with E-state index in [0.29, 0.717) is 22.9 Å². The fraction of sp³-hybridized carbons (Fsp3) is 0.467. The molecule has 3 rings (SSSR count). The Balaban J connectivity index is 1.52. The fourth-order valence-electron chi connectivity index (χ4n) is 2.11. The van der Waals surface area contributed by atoms with Gasteiger partial charge in [0.15, 0.2) is 0 Å². The molecule has 0 atom stereocenters. The minimum absolute atomic E-state index is 0.0485. The van der Waals surface area contributed by atoms with Crippen LogP contribution in [0.1, 0.15) is 44.2 Å². The number of nitrogens with zero attached hydrogens (tertiary/aromatic N) is 4. The van der Waals surface area contributed by atoms with Crippen molar-refractivity contribution >= 4 is 23.4 Å². The van der Waals surface area contributed by atoms with Crippen molar-refractivity contribution in [2.45, 2.75) is 43.8 Å². The molecule has 1 amide bonds. The molecule has 0 saturated heterocycles. The highest BCUT2D eigenvalue weighted by Gasteiger charge is 2.28. The molecule has 2 aromatic rings. The number of benzene rings is 1. The summed E-state index contributed by atoms with van der Waals surface area (Å²) in [4.78, 5) is 12.0. The van der Waals surface area contributed by atoms with E-state index in [0.717, 1.165) is 18.5 Å². The van der Waals surface area contributed by atoms with Crippen LogP contribution >= 0.6 is 11.8 Å². The Kier molecular flexibility index (Phi) is 4.42. The van der Waals surface area contributed by atoms with Crippen LogP contribution in [0.3, 0.4) is 0 Å². The predicted molar refractivity (Wildman–Crippen MR) is 86.0 cm³/mol. The average Bonchev–Trinajstić information content (AvgIpc) is 3.24. The Bertz CT molecular complexity index is 648. The number of anilines is 1. The normalized spacial score (nSPS) is 14.3. The lowest BCUT2D eigenvalue weighted by Crippen LogP contribution is -2.14. The number of hydrogen-bond donors (Lipinski definition) is 1. The second-order valence-corrected chi connectivity index (χ2v) is 6.69. The molecular formula is C15H19N5OS. The van der Waals surface area contributed by atoms with Crippen LogP contribution in [0, 0.1) is 0 Å². The van der Waals surface area contributed by atoms with Gasteiger partial charge < -0.3 is 5.32 Å². The number of carbonyl (C=O) groups is 1. The number of amides is 1. The second kappa shape index (κ2) is 6.48. The highest BCUT2D eigenvalue weighted by molar-refractivity contribution is 7.99. The number of tetrazole rings is 1. The van der Waals surface area contributed by atoms with Crippen molar-refractivity contribution in [2.75, 3.05) is 11.1 Å². The van der Waals surface area contributed by atoms with Gasteiger partial charge in [-0.2, -0.15) is 0 Å². The summed E-state index contributed by atoms with van der Waals surface area (Å²) in [5.41, 5.74) is 2.08. The maximum atomic E-state index is 12.0. The molecule has 0 spiro atoms. The summed E-state index contributed by atoms with van der Waals surface area (Å²) >= 11 is 1.37. The molecular weight excluding hydrogens is 298 g/mol. The fourth-order valence-corrected chi connectivity index (χ4v) is 2.85. The molecule has 22 heavy (non-hydrogen) atoms. The van der Waals surface area contributed by atoms with Gasteiger partial charge in [0.25, 0.3) is 0 Å². The topological polar surface area (TPSA) is 72.7 Å². The van der Waals surface area contributed by atoms with Gasteiger partial charge in [-0.05, 0) is 46.9 Å². The maximum Gasteiger partial charge on any atom is 0.234 e.